The molecule has 1 aromatic carbocycles. The van der Waals surface area contributed by atoms with Crippen molar-refractivity contribution in [2.75, 3.05) is 19.7 Å². The van der Waals surface area contributed by atoms with Crippen molar-refractivity contribution in [2.45, 2.75) is 20.3 Å². The summed E-state index contributed by atoms with van der Waals surface area (Å²) in [7, 11) is 0. The van der Waals surface area contributed by atoms with E-state index in [0.29, 0.717) is 6.61 Å². The van der Waals surface area contributed by atoms with Crippen molar-refractivity contribution in [2.24, 2.45) is 0 Å². The first-order chi connectivity index (χ1) is 7.74. The van der Waals surface area contributed by atoms with Crippen molar-refractivity contribution in [3.05, 3.63) is 29.8 Å². The predicted molar refractivity (Wildman–Crippen MR) is 67.2 cm³/mol. The number of hydrogen-bond acceptors (Lipinski definition) is 3. The SMILES string of the molecule is CCNCCCOc1ccc(C(C)=O)cc1.[HH]. The molecule has 0 bridgehead atoms. The Morgan fingerprint density at radius 3 is 2.62 bits per heavy atom. The van der Waals surface area contributed by atoms with Crippen LogP contribution in [0.4, 0.5) is 0 Å². The second-order valence-electron chi connectivity index (χ2n) is 3.64. The molecule has 0 radical (unpaired) electrons. The first-order valence-electron chi connectivity index (χ1n) is 5.68. The van der Waals surface area contributed by atoms with Gasteiger partial charge in [-0.25, -0.2) is 0 Å². The number of nitrogens with one attached hydrogen (secondary N) is 1. The van der Waals surface area contributed by atoms with Crippen LogP contribution >= 0.6 is 0 Å². The Morgan fingerprint density at radius 2 is 2.06 bits per heavy atom. The Morgan fingerprint density at radius 1 is 1.38 bits per heavy atom. The van der Waals surface area contributed by atoms with Crippen molar-refractivity contribution in [1.82, 2.24) is 5.32 Å². The molecule has 3 heteroatoms. The summed E-state index contributed by atoms with van der Waals surface area (Å²) in [6.07, 6.45) is 0.988. The van der Waals surface area contributed by atoms with Crippen molar-refractivity contribution in [3.8, 4) is 5.75 Å². The molecule has 0 heterocycles. The molecule has 0 aliphatic carbocycles. The molecule has 0 saturated heterocycles. The molecular weight excluding hydrogens is 202 g/mol. The van der Waals surface area contributed by atoms with Crippen LogP contribution in [0.25, 0.3) is 0 Å². The highest BCUT2D eigenvalue weighted by Crippen LogP contribution is 2.12. The van der Waals surface area contributed by atoms with E-state index in [-0.39, 0.29) is 7.21 Å². The van der Waals surface area contributed by atoms with E-state index in [9.17, 15) is 4.79 Å². The molecule has 0 spiro atoms. The van der Waals surface area contributed by atoms with Crippen LogP contribution in [0.1, 0.15) is 32.1 Å². The van der Waals surface area contributed by atoms with Crippen LogP contribution in [-0.4, -0.2) is 25.5 Å². The zero-order chi connectivity index (χ0) is 11.8. The third-order valence-electron chi connectivity index (χ3n) is 2.28. The lowest BCUT2D eigenvalue weighted by molar-refractivity contribution is 0.101. The van der Waals surface area contributed by atoms with Crippen molar-refractivity contribution in [3.63, 3.8) is 0 Å². The maximum Gasteiger partial charge on any atom is 0.159 e. The number of carbonyl (C=O) groups is 1. The molecular formula is C13H21NO2. The van der Waals surface area contributed by atoms with E-state index in [1.807, 2.05) is 12.1 Å². The van der Waals surface area contributed by atoms with Gasteiger partial charge in [0.2, 0.25) is 0 Å². The number of Topliss-reactive ketones (excluding diaryl/α,β-unsaturated/α-hetero) is 1. The van der Waals surface area contributed by atoms with Gasteiger partial charge < -0.3 is 10.1 Å². The molecule has 16 heavy (non-hydrogen) atoms. The molecule has 0 aromatic heterocycles. The summed E-state index contributed by atoms with van der Waals surface area (Å²) < 4.78 is 5.54. The minimum Gasteiger partial charge on any atom is -0.494 e. The van der Waals surface area contributed by atoms with E-state index < -0.39 is 0 Å². The van der Waals surface area contributed by atoms with Crippen LogP contribution in [0.2, 0.25) is 0 Å². The minimum absolute atomic E-state index is 0. The molecule has 1 rings (SSSR count). The van der Waals surface area contributed by atoms with Gasteiger partial charge in [0, 0.05) is 6.99 Å². The summed E-state index contributed by atoms with van der Waals surface area (Å²) in [5.41, 5.74) is 0.722. The fourth-order valence-corrected chi connectivity index (χ4v) is 1.35. The number of rotatable bonds is 7. The number of ether oxygens (including phenoxy) is 1. The third kappa shape index (κ3) is 4.45. The Labute approximate surface area is 98.3 Å². The van der Waals surface area contributed by atoms with E-state index >= 15 is 0 Å². The standard InChI is InChI=1S/C13H19NO2.H2/c1-3-14-9-4-10-16-13-7-5-12(6-8-13)11(2)15;/h5-8,14H,3-4,9-10H2,1-2H3;1H. The molecule has 1 N–H and O–H groups in total. The van der Waals surface area contributed by atoms with Crippen LogP contribution in [-0.2, 0) is 0 Å². The van der Waals surface area contributed by atoms with Gasteiger partial charge in [-0.15, -0.1) is 0 Å². The minimum atomic E-state index is 0. The summed E-state index contributed by atoms with van der Waals surface area (Å²) in [4.78, 5) is 11.0. The Kier molecular flexibility index (Phi) is 5.57. The number of benzene rings is 1. The molecule has 0 aliphatic rings. The zero-order valence-corrected chi connectivity index (χ0v) is 9.95. The van der Waals surface area contributed by atoms with E-state index in [4.69, 9.17) is 4.74 Å². The summed E-state index contributed by atoms with van der Waals surface area (Å²) in [5.74, 6) is 0.903. The van der Waals surface area contributed by atoms with Crippen molar-refractivity contribution < 1.29 is 11.0 Å². The topological polar surface area (TPSA) is 38.3 Å². The zero-order valence-electron chi connectivity index (χ0n) is 9.95. The van der Waals surface area contributed by atoms with Crippen LogP contribution in [0.15, 0.2) is 24.3 Å². The number of carbonyl (C=O) groups excluding carboxylic acids is 1. The lowest BCUT2D eigenvalue weighted by atomic mass is 10.1. The number of ketones is 1. The van der Waals surface area contributed by atoms with E-state index in [1.54, 1.807) is 19.1 Å². The third-order valence-corrected chi connectivity index (χ3v) is 2.28. The molecule has 0 atom stereocenters. The quantitative estimate of drug-likeness (QED) is 0.570. The van der Waals surface area contributed by atoms with E-state index in [2.05, 4.69) is 12.2 Å². The van der Waals surface area contributed by atoms with Crippen molar-refractivity contribution >= 4 is 5.78 Å². The normalized spacial score (nSPS) is 10.1. The largest absolute Gasteiger partial charge is 0.494 e. The second kappa shape index (κ2) is 7.01. The van der Waals surface area contributed by atoms with Gasteiger partial charge in [0.05, 0.1) is 6.61 Å². The van der Waals surface area contributed by atoms with Gasteiger partial charge in [-0.3, -0.25) is 4.79 Å². The Hall–Kier alpha value is -1.35. The van der Waals surface area contributed by atoms with E-state index in [0.717, 1.165) is 30.8 Å². The molecule has 1 aromatic rings. The lowest BCUT2D eigenvalue weighted by Gasteiger charge is -2.06. The smallest absolute Gasteiger partial charge is 0.159 e. The first kappa shape index (κ1) is 12.7. The first-order valence-corrected chi connectivity index (χ1v) is 5.68. The summed E-state index contributed by atoms with van der Waals surface area (Å²) in [6, 6.07) is 7.26. The summed E-state index contributed by atoms with van der Waals surface area (Å²) in [6.45, 7) is 6.31. The van der Waals surface area contributed by atoms with Crippen LogP contribution < -0.4 is 10.1 Å². The maximum atomic E-state index is 11.0. The highest BCUT2D eigenvalue weighted by atomic mass is 16.5. The van der Waals surface area contributed by atoms with Gasteiger partial charge in [-0.2, -0.15) is 0 Å². The highest BCUT2D eigenvalue weighted by molar-refractivity contribution is 5.94. The summed E-state index contributed by atoms with van der Waals surface area (Å²) >= 11 is 0. The average Bonchev–Trinajstić information content (AvgIpc) is 2.29. The van der Waals surface area contributed by atoms with Gasteiger partial charge in [0.25, 0.3) is 0 Å². The summed E-state index contributed by atoms with van der Waals surface area (Å²) in [5, 5.41) is 3.23. The lowest BCUT2D eigenvalue weighted by Crippen LogP contribution is -2.16. The fourth-order valence-electron chi connectivity index (χ4n) is 1.35. The van der Waals surface area contributed by atoms with Gasteiger partial charge in [0.15, 0.2) is 5.78 Å². The van der Waals surface area contributed by atoms with Gasteiger partial charge in [-0.05, 0) is 50.7 Å². The molecule has 0 saturated carbocycles. The Bertz CT molecular complexity index is 325. The predicted octanol–water partition coefficient (Wildman–Crippen LogP) is 2.51. The molecule has 90 valence electrons. The molecule has 0 aliphatic heterocycles. The molecule has 0 amide bonds. The second-order valence-corrected chi connectivity index (χ2v) is 3.64. The van der Waals surface area contributed by atoms with Crippen LogP contribution in [0, 0.1) is 0 Å². The van der Waals surface area contributed by atoms with Crippen molar-refractivity contribution in [1.29, 1.82) is 0 Å². The van der Waals surface area contributed by atoms with Gasteiger partial charge in [0.1, 0.15) is 5.75 Å². The highest BCUT2D eigenvalue weighted by Gasteiger charge is 1.99. The molecule has 3 nitrogen and oxygen atoms in total. The Balaban J connectivity index is 0.00000256. The van der Waals surface area contributed by atoms with E-state index in [1.165, 1.54) is 0 Å². The molecule has 0 unspecified atom stereocenters. The monoisotopic (exact) mass is 223 g/mol. The fraction of sp³-hybridized carbons (Fsp3) is 0.462. The van der Waals surface area contributed by atoms with Gasteiger partial charge >= 0.3 is 0 Å². The average molecular weight is 223 g/mol. The maximum absolute atomic E-state index is 11.0. The van der Waals surface area contributed by atoms with Crippen LogP contribution in [0.3, 0.4) is 0 Å². The van der Waals surface area contributed by atoms with Crippen LogP contribution in [0.5, 0.6) is 5.75 Å². The number of hydrogen-bond donors (Lipinski definition) is 1. The molecule has 0 fully saturated rings. The van der Waals surface area contributed by atoms with Gasteiger partial charge in [-0.1, -0.05) is 6.92 Å².